The summed E-state index contributed by atoms with van der Waals surface area (Å²) in [5.74, 6) is -12.0. The molecule has 0 fully saturated rings. The SMILES string of the molecule is O=C([O-])CC(O)(CC(=O)[O-])C(=O)[O-].O=C([O-])CC(O)(CC(=O)[O-])C(=O)[O-].[Cd+2].[Cd+2].[Cd+2]. The molecule has 0 bridgehead atoms. The summed E-state index contributed by atoms with van der Waals surface area (Å²) in [6.45, 7) is 0. The van der Waals surface area contributed by atoms with Crippen molar-refractivity contribution in [2.45, 2.75) is 36.9 Å². The molecule has 0 aliphatic heterocycles. The second-order valence-electron chi connectivity index (χ2n) is 4.83. The van der Waals surface area contributed by atoms with E-state index in [1.165, 1.54) is 0 Å². The number of carboxylic acid groups (broad SMARTS) is 6. The summed E-state index contributed by atoms with van der Waals surface area (Å²) in [5.41, 5.74) is -5.95. The molecule has 0 aromatic rings. The Morgan fingerprint density at radius 1 is 0.483 bits per heavy atom. The minimum absolute atomic E-state index is 0. The maximum absolute atomic E-state index is 10.1. The molecular weight excluding hydrogens is 705 g/mol. The zero-order chi connectivity index (χ0) is 21.3. The zero-order valence-corrected chi connectivity index (χ0v) is 26.9. The minimum Gasteiger partial charge on any atom is -0.550 e. The van der Waals surface area contributed by atoms with E-state index >= 15 is 0 Å². The average Bonchev–Trinajstić information content (AvgIpc) is 2.34. The molecule has 17 heteroatoms. The van der Waals surface area contributed by atoms with Crippen molar-refractivity contribution in [2.75, 3.05) is 0 Å². The van der Waals surface area contributed by atoms with Gasteiger partial charge in [-0.05, 0) is 0 Å². The van der Waals surface area contributed by atoms with Crippen LogP contribution in [0.15, 0.2) is 0 Å². The average molecular weight is 715 g/mol. The van der Waals surface area contributed by atoms with Gasteiger partial charge in [0.1, 0.15) is 11.2 Å². The van der Waals surface area contributed by atoms with Gasteiger partial charge >= 0.3 is 81.9 Å². The molecule has 14 nitrogen and oxygen atoms in total. The summed E-state index contributed by atoms with van der Waals surface area (Å²) in [4.78, 5) is 60.0. The van der Waals surface area contributed by atoms with Gasteiger partial charge in [-0.2, -0.15) is 0 Å². The first-order valence-electron chi connectivity index (χ1n) is 6.23. The monoisotopic (exact) mass is 720 g/mol. The van der Waals surface area contributed by atoms with E-state index in [9.17, 15) is 59.4 Å². The molecule has 0 saturated heterocycles. The van der Waals surface area contributed by atoms with E-state index in [0.717, 1.165) is 0 Å². The minimum atomic E-state index is -2.97. The van der Waals surface area contributed by atoms with Gasteiger partial charge in [0.2, 0.25) is 0 Å². The Kier molecular flexibility index (Phi) is 23.2. The van der Waals surface area contributed by atoms with Crippen molar-refractivity contribution in [3.05, 3.63) is 0 Å². The zero-order valence-electron chi connectivity index (χ0n) is 14.7. The fourth-order valence-corrected chi connectivity index (χ4v) is 1.37. The van der Waals surface area contributed by atoms with Crippen LogP contribution in [-0.2, 0) is 111 Å². The van der Waals surface area contributed by atoms with Gasteiger partial charge in [-0.1, -0.05) is 0 Å². The van der Waals surface area contributed by atoms with Crippen LogP contribution in [0.25, 0.3) is 0 Å². The number of rotatable bonds is 10. The predicted molar refractivity (Wildman–Crippen MR) is 58.4 cm³/mol. The molecule has 0 unspecified atom stereocenters. The molecule has 0 aliphatic carbocycles. The Bertz CT molecular complexity index is 521. The summed E-state index contributed by atoms with van der Waals surface area (Å²) in [7, 11) is 0. The number of hydrogen-bond donors (Lipinski definition) is 2. The number of hydrogen-bond acceptors (Lipinski definition) is 14. The summed E-state index contributed by atoms with van der Waals surface area (Å²) >= 11 is 0. The van der Waals surface area contributed by atoms with Gasteiger partial charge in [0.05, 0.1) is 11.9 Å². The Balaban J connectivity index is -0.000000120. The van der Waals surface area contributed by atoms with Crippen LogP contribution < -0.4 is 30.6 Å². The molecule has 0 aromatic carbocycles. The molecule has 0 rings (SSSR count). The van der Waals surface area contributed by atoms with E-state index in [1.807, 2.05) is 0 Å². The molecule has 0 aromatic heterocycles. The number of carbonyl (C=O) groups is 6. The molecule has 0 atom stereocenters. The summed E-state index contributed by atoms with van der Waals surface area (Å²) in [6, 6.07) is 0. The van der Waals surface area contributed by atoms with Gasteiger partial charge in [0.25, 0.3) is 0 Å². The standard InChI is InChI=1S/2C6H8O7.3Cd/c2*7-3(8)1-6(13,5(11)12)2-4(9)10;;;/h2*13H,1-2H2,(H,7,8)(H,9,10)(H,11,12);;;/q;;3*+2/p-6. The van der Waals surface area contributed by atoms with Crippen molar-refractivity contribution >= 4 is 35.8 Å². The molecule has 0 aliphatic rings. The van der Waals surface area contributed by atoms with E-state index in [-0.39, 0.29) is 81.9 Å². The van der Waals surface area contributed by atoms with Gasteiger partial charge in [-0.25, -0.2) is 0 Å². The van der Waals surface area contributed by atoms with Crippen LogP contribution in [0.4, 0.5) is 0 Å². The van der Waals surface area contributed by atoms with Crippen molar-refractivity contribution in [1.29, 1.82) is 0 Å². The molecule has 29 heavy (non-hydrogen) atoms. The summed E-state index contributed by atoms with van der Waals surface area (Å²) < 4.78 is 0. The molecule has 0 spiro atoms. The van der Waals surface area contributed by atoms with E-state index in [0.29, 0.717) is 0 Å². The summed E-state index contributed by atoms with van der Waals surface area (Å²) in [6.07, 6.45) is -5.43. The second-order valence-corrected chi connectivity index (χ2v) is 4.83. The third kappa shape index (κ3) is 18.0. The summed E-state index contributed by atoms with van der Waals surface area (Å²) in [5, 5.41) is 77.9. The van der Waals surface area contributed by atoms with Gasteiger partial charge in [0, 0.05) is 49.6 Å². The molecule has 0 heterocycles. The van der Waals surface area contributed by atoms with Gasteiger partial charge in [-0.3, -0.25) is 0 Å². The number of carbonyl (C=O) groups excluding carboxylic acids is 6. The fraction of sp³-hybridized carbons (Fsp3) is 0.500. The van der Waals surface area contributed by atoms with Gasteiger partial charge < -0.3 is 69.6 Å². The maximum atomic E-state index is 10.1. The van der Waals surface area contributed by atoms with Gasteiger partial charge in [-0.15, -0.1) is 0 Å². The Morgan fingerprint density at radius 3 is 0.690 bits per heavy atom. The third-order valence-corrected chi connectivity index (χ3v) is 2.51. The van der Waals surface area contributed by atoms with Crippen LogP contribution in [0.5, 0.6) is 0 Å². The van der Waals surface area contributed by atoms with Crippen LogP contribution in [0.3, 0.4) is 0 Å². The van der Waals surface area contributed by atoms with Crippen LogP contribution in [0, 0.1) is 0 Å². The largest absolute Gasteiger partial charge is 2.00 e. The van der Waals surface area contributed by atoms with E-state index < -0.39 is 72.7 Å². The first-order valence-corrected chi connectivity index (χ1v) is 6.23. The topological polar surface area (TPSA) is 281 Å². The van der Waals surface area contributed by atoms with E-state index in [1.54, 1.807) is 0 Å². The number of aliphatic hydroxyl groups is 2. The predicted octanol–water partition coefficient (Wildman–Crippen LogP) is -10.5. The second kappa shape index (κ2) is 17.2. The quantitative estimate of drug-likeness (QED) is 0.199. The van der Waals surface area contributed by atoms with Crippen LogP contribution in [0.1, 0.15) is 25.7 Å². The molecule has 2 N–H and O–H groups in total. The van der Waals surface area contributed by atoms with Crippen molar-refractivity contribution < 1.29 is 152 Å². The van der Waals surface area contributed by atoms with E-state index in [4.69, 9.17) is 10.2 Å². The first-order chi connectivity index (χ1) is 11.6. The van der Waals surface area contributed by atoms with Crippen LogP contribution >= 0.6 is 0 Å². The fourth-order valence-electron chi connectivity index (χ4n) is 1.37. The Morgan fingerprint density at radius 2 is 0.621 bits per heavy atom. The first kappa shape index (κ1) is 39.0. The number of carboxylic acids is 6. The van der Waals surface area contributed by atoms with Crippen LogP contribution in [-0.4, -0.2) is 57.2 Å². The molecular formula is C12H10Cd3O14. The molecule has 0 radical (unpaired) electrons. The van der Waals surface area contributed by atoms with Crippen molar-refractivity contribution in [3.8, 4) is 0 Å². The number of aliphatic carboxylic acids is 6. The van der Waals surface area contributed by atoms with Gasteiger partial charge in [0.15, 0.2) is 0 Å². The van der Waals surface area contributed by atoms with Crippen molar-refractivity contribution in [1.82, 2.24) is 0 Å². The normalized spacial score (nSPS) is 9.72. The molecule has 148 valence electrons. The smallest absolute Gasteiger partial charge is 0.550 e. The third-order valence-electron chi connectivity index (χ3n) is 2.51. The maximum Gasteiger partial charge on any atom is 2.00 e. The Hall–Kier alpha value is -0.494. The van der Waals surface area contributed by atoms with E-state index in [2.05, 4.69) is 0 Å². The van der Waals surface area contributed by atoms with Crippen molar-refractivity contribution in [2.24, 2.45) is 0 Å². The Labute approximate surface area is 222 Å². The molecule has 0 saturated carbocycles. The molecule has 0 amide bonds. The van der Waals surface area contributed by atoms with Crippen molar-refractivity contribution in [3.63, 3.8) is 0 Å². The van der Waals surface area contributed by atoms with Crippen LogP contribution in [0.2, 0.25) is 0 Å².